The number of nitrogens with zero attached hydrogens (tertiary/aromatic N) is 2. The number of rotatable bonds is 1. The molecule has 0 fully saturated rings. The SMILES string of the molecule is CC(=O)Oc1nccnc1N. The molecule has 1 rings (SSSR count). The molecule has 5 nitrogen and oxygen atoms in total. The van der Waals surface area contributed by atoms with E-state index < -0.39 is 5.97 Å². The van der Waals surface area contributed by atoms with Gasteiger partial charge in [0.05, 0.1) is 0 Å². The summed E-state index contributed by atoms with van der Waals surface area (Å²) in [6.45, 7) is 1.27. The third kappa shape index (κ3) is 1.89. The summed E-state index contributed by atoms with van der Waals surface area (Å²) >= 11 is 0. The van der Waals surface area contributed by atoms with Gasteiger partial charge in [-0.05, 0) is 0 Å². The standard InChI is InChI=1S/C6H7N3O2/c1-4(10)11-6-5(7)8-2-3-9-6/h2-3H,1H3,(H2,7,8). The van der Waals surface area contributed by atoms with E-state index in [2.05, 4.69) is 14.7 Å². The highest BCUT2D eigenvalue weighted by Gasteiger charge is 2.03. The van der Waals surface area contributed by atoms with Crippen LogP contribution in [0.4, 0.5) is 5.82 Å². The maximum Gasteiger partial charge on any atom is 0.309 e. The van der Waals surface area contributed by atoms with Crippen molar-refractivity contribution in [1.29, 1.82) is 0 Å². The van der Waals surface area contributed by atoms with Gasteiger partial charge in [-0.25, -0.2) is 9.97 Å². The van der Waals surface area contributed by atoms with Crippen LogP contribution in [0, 0.1) is 0 Å². The van der Waals surface area contributed by atoms with Gasteiger partial charge in [0.2, 0.25) is 0 Å². The number of hydrogen-bond donors (Lipinski definition) is 1. The monoisotopic (exact) mass is 153 g/mol. The van der Waals surface area contributed by atoms with E-state index in [1.165, 1.54) is 19.3 Å². The van der Waals surface area contributed by atoms with Gasteiger partial charge in [-0.1, -0.05) is 0 Å². The van der Waals surface area contributed by atoms with Gasteiger partial charge in [0.1, 0.15) is 0 Å². The highest BCUT2D eigenvalue weighted by Crippen LogP contribution is 2.12. The molecule has 0 aliphatic heterocycles. The first-order valence-corrected chi connectivity index (χ1v) is 2.95. The third-order valence-corrected chi connectivity index (χ3v) is 0.932. The first-order valence-electron chi connectivity index (χ1n) is 2.95. The Balaban J connectivity index is 2.86. The number of carbonyl (C=O) groups excluding carboxylic acids is 1. The Kier molecular flexibility index (Phi) is 2.00. The van der Waals surface area contributed by atoms with Crippen molar-refractivity contribution in [1.82, 2.24) is 9.97 Å². The lowest BCUT2D eigenvalue weighted by Gasteiger charge is -1.99. The van der Waals surface area contributed by atoms with Crippen molar-refractivity contribution in [2.24, 2.45) is 0 Å². The molecule has 1 aromatic heterocycles. The molecule has 0 saturated heterocycles. The van der Waals surface area contributed by atoms with Crippen LogP contribution in [0.2, 0.25) is 0 Å². The predicted octanol–water partition coefficient (Wildman–Crippen LogP) is -0.0159. The number of hydrogen-bond acceptors (Lipinski definition) is 5. The molecule has 5 heteroatoms. The molecule has 0 bridgehead atoms. The summed E-state index contributed by atoms with van der Waals surface area (Å²) in [6, 6.07) is 0. The summed E-state index contributed by atoms with van der Waals surface area (Å²) < 4.78 is 4.61. The first-order chi connectivity index (χ1) is 5.20. The third-order valence-electron chi connectivity index (χ3n) is 0.932. The Bertz CT molecular complexity index is 274. The highest BCUT2D eigenvalue weighted by molar-refractivity contribution is 5.70. The van der Waals surface area contributed by atoms with Crippen LogP contribution in [0.3, 0.4) is 0 Å². The summed E-state index contributed by atoms with van der Waals surface area (Å²) in [5.41, 5.74) is 5.32. The number of anilines is 1. The quantitative estimate of drug-likeness (QED) is 0.574. The van der Waals surface area contributed by atoms with Crippen molar-refractivity contribution in [2.75, 3.05) is 5.73 Å². The second-order valence-corrected chi connectivity index (χ2v) is 1.84. The van der Waals surface area contributed by atoms with Crippen molar-refractivity contribution in [2.45, 2.75) is 6.92 Å². The molecule has 0 aliphatic rings. The van der Waals surface area contributed by atoms with Gasteiger partial charge in [0.25, 0.3) is 5.88 Å². The molecule has 1 heterocycles. The molecule has 0 aliphatic carbocycles. The van der Waals surface area contributed by atoms with Crippen LogP contribution in [0.1, 0.15) is 6.92 Å². The van der Waals surface area contributed by atoms with Gasteiger partial charge in [0, 0.05) is 19.3 Å². The molecule has 1 aromatic rings. The van der Waals surface area contributed by atoms with Gasteiger partial charge >= 0.3 is 5.97 Å². The molecule has 11 heavy (non-hydrogen) atoms. The Morgan fingerprint density at radius 3 is 2.73 bits per heavy atom. The fraction of sp³-hybridized carbons (Fsp3) is 0.167. The summed E-state index contributed by atoms with van der Waals surface area (Å²) in [5, 5.41) is 0. The number of nitrogens with two attached hydrogens (primary N) is 1. The van der Waals surface area contributed by atoms with Crippen molar-refractivity contribution in [3.05, 3.63) is 12.4 Å². The Morgan fingerprint density at radius 2 is 2.18 bits per heavy atom. The number of esters is 1. The lowest BCUT2D eigenvalue weighted by atomic mass is 10.6. The number of ether oxygens (including phenoxy) is 1. The Hall–Kier alpha value is -1.65. The second kappa shape index (κ2) is 2.96. The second-order valence-electron chi connectivity index (χ2n) is 1.84. The largest absolute Gasteiger partial charge is 0.404 e. The van der Waals surface area contributed by atoms with Gasteiger partial charge in [0.15, 0.2) is 5.82 Å². The fourth-order valence-electron chi connectivity index (χ4n) is 0.551. The molecule has 0 aromatic carbocycles. The van der Waals surface area contributed by atoms with Crippen LogP contribution < -0.4 is 10.5 Å². The van der Waals surface area contributed by atoms with E-state index in [9.17, 15) is 4.79 Å². The molecular weight excluding hydrogens is 146 g/mol. The molecule has 0 amide bonds. The zero-order chi connectivity index (χ0) is 8.27. The lowest BCUT2D eigenvalue weighted by Crippen LogP contribution is -2.06. The minimum atomic E-state index is -0.461. The molecule has 0 radical (unpaired) electrons. The van der Waals surface area contributed by atoms with E-state index >= 15 is 0 Å². The van der Waals surface area contributed by atoms with Crippen molar-refractivity contribution >= 4 is 11.8 Å². The molecule has 0 spiro atoms. The fourth-order valence-corrected chi connectivity index (χ4v) is 0.551. The minimum Gasteiger partial charge on any atom is -0.404 e. The summed E-state index contributed by atoms with van der Waals surface area (Å²) in [4.78, 5) is 17.8. The molecular formula is C6H7N3O2. The molecule has 58 valence electrons. The maximum absolute atomic E-state index is 10.4. The Morgan fingerprint density at radius 1 is 1.55 bits per heavy atom. The van der Waals surface area contributed by atoms with Gasteiger partial charge in [-0.2, -0.15) is 0 Å². The summed E-state index contributed by atoms with van der Waals surface area (Å²) in [6.07, 6.45) is 2.82. The van der Waals surface area contributed by atoms with E-state index in [1.807, 2.05) is 0 Å². The molecule has 0 atom stereocenters. The molecule has 0 saturated carbocycles. The van der Waals surface area contributed by atoms with E-state index in [4.69, 9.17) is 5.73 Å². The van der Waals surface area contributed by atoms with Crippen LogP contribution >= 0.6 is 0 Å². The van der Waals surface area contributed by atoms with Crippen molar-refractivity contribution in [3.8, 4) is 5.88 Å². The number of aromatic nitrogens is 2. The summed E-state index contributed by atoms with van der Waals surface area (Å²) in [5.74, 6) is -0.292. The van der Waals surface area contributed by atoms with Crippen LogP contribution in [0.15, 0.2) is 12.4 Å². The van der Waals surface area contributed by atoms with E-state index in [-0.39, 0.29) is 11.7 Å². The Labute approximate surface area is 63.2 Å². The number of carbonyl (C=O) groups is 1. The van der Waals surface area contributed by atoms with E-state index in [0.717, 1.165) is 0 Å². The normalized spacial score (nSPS) is 9.18. The van der Waals surface area contributed by atoms with Gasteiger partial charge in [-0.15, -0.1) is 0 Å². The zero-order valence-corrected chi connectivity index (χ0v) is 5.94. The maximum atomic E-state index is 10.4. The first kappa shape index (κ1) is 7.46. The number of nitrogen functional groups attached to an aromatic ring is 1. The van der Waals surface area contributed by atoms with Gasteiger partial charge < -0.3 is 10.5 Å². The average Bonchev–Trinajstić information content (AvgIpc) is 1.93. The van der Waals surface area contributed by atoms with Crippen molar-refractivity contribution in [3.63, 3.8) is 0 Å². The van der Waals surface area contributed by atoms with Crippen LogP contribution in [-0.4, -0.2) is 15.9 Å². The van der Waals surface area contributed by atoms with Crippen molar-refractivity contribution < 1.29 is 9.53 Å². The predicted molar refractivity (Wildman–Crippen MR) is 37.8 cm³/mol. The van der Waals surface area contributed by atoms with E-state index in [0.29, 0.717) is 0 Å². The zero-order valence-electron chi connectivity index (χ0n) is 5.94. The molecule has 0 unspecified atom stereocenters. The lowest BCUT2D eigenvalue weighted by molar-refractivity contribution is -0.132. The summed E-state index contributed by atoms with van der Waals surface area (Å²) in [7, 11) is 0. The minimum absolute atomic E-state index is 0.0556. The molecule has 2 N–H and O–H groups in total. The topological polar surface area (TPSA) is 78.1 Å². The van der Waals surface area contributed by atoms with Crippen LogP contribution in [0.25, 0.3) is 0 Å². The smallest absolute Gasteiger partial charge is 0.309 e. The average molecular weight is 153 g/mol. The van der Waals surface area contributed by atoms with Crippen LogP contribution in [-0.2, 0) is 4.79 Å². The van der Waals surface area contributed by atoms with Crippen LogP contribution in [0.5, 0.6) is 5.88 Å². The van der Waals surface area contributed by atoms with E-state index in [1.54, 1.807) is 0 Å². The van der Waals surface area contributed by atoms with Gasteiger partial charge in [-0.3, -0.25) is 4.79 Å². The highest BCUT2D eigenvalue weighted by atomic mass is 16.5.